The molecule has 0 spiro atoms. The third kappa shape index (κ3) is 2.27. The van der Waals surface area contributed by atoms with Crippen LogP contribution in [0.25, 0.3) is 4.96 Å². The Labute approximate surface area is 121 Å². The van der Waals surface area contributed by atoms with Gasteiger partial charge in [-0.15, -0.1) is 11.3 Å². The molecule has 1 N–H and O–H groups in total. The fourth-order valence-electron chi connectivity index (χ4n) is 2.89. The smallest absolute Gasteiger partial charge is 0.356 e. The number of carboxylic acid groups (broad SMARTS) is 1. The van der Waals surface area contributed by atoms with Crippen molar-refractivity contribution in [2.75, 3.05) is 38.6 Å². The third-order valence-electron chi connectivity index (χ3n) is 3.83. The van der Waals surface area contributed by atoms with Gasteiger partial charge in [-0.05, 0) is 25.9 Å². The molecule has 1 aliphatic heterocycles. The maximum Gasteiger partial charge on any atom is 0.356 e. The Morgan fingerprint density at radius 1 is 1.65 bits per heavy atom. The molecule has 1 saturated heterocycles. The molecule has 6 nitrogen and oxygen atoms in total. The van der Waals surface area contributed by atoms with Gasteiger partial charge in [0.25, 0.3) is 0 Å². The van der Waals surface area contributed by atoms with E-state index < -0.39 is 5.97 Å². The van der Waals surface area contributed by atoms with Crippen LogP contribution in [0.1, 0.15) is 16.9 Å². The lowest BCUT2D eigenvalue weighted by Gasteiger charge is -2.21. The van der Waals surface area contributed by atoms with E-state index in [2.05, 4.69) is 16.9 Å². The van der Waals surface area contributed by atoms with Crippen molar-refractivity contribution in [3.05, 3.63) is 17.3 Å². The fourth-order valence-corrected chi connectivity index (χ4v) is 3.60. The molecule has 0 amide bonds. The molecule has 0 aliphatic carbocycles. The first kappa shape index (κ1) is 13.4. The summed E-state index contributed by atoms with van der Waals surface area (Å²) in [5.74, 6) is 0.214. The number of rotatable bonds is 4. The van der Waals surface area contributed by atoms with Crippen molar-refractivity contribution >= 4 is 28.1 Å². The Hall–Kier alpha value is -1.60. The van der Waals surface area contributed by atoms with Crippen LogP contribution in [-0.4, -0.2) is 59.1 Å². The average Bonchev–Trinajstić information content (AvgIpc) is 3.02. The summed E-state index contributed by atoms with van der Waals surface area (Å²) >= 11 is 1.45. The monoisotopic (exact) mass is 294 g/mol. The van der Waals surface area contributed by atoms with Gasteiger partial charge in [-0.1, -0.05) is 0 Å². The van der Waals surface area contributed by atoms with Crippen molar-refractivity contribution in [1.29, 1.82) is 0 Å². The molecule has 3 rings (SSSR count). The first-order valence-corrected chi connectivity index (χ1v) is 7.52. The highest BCUT2D eigenvalue weighted by Crippen LogP contribution is 2.26. The van der Waals surface area contributed by atoms with E-state index in [1.165, 1.54) is 11.3 Å². The molecule has 1 unspecified atom stereocenters. The van der Waals surface area contributed by atoms with E-state index in [0.29, 0.717) is 11.7 Å². The van der Waals surface area contributed by atoms with Crippen molar-refractivity contribution in [2.24, 2.45) is 5.92 Å². The lowest BCUT2D eigenvalue weighted by Crippen LogP contribution is -2.28. The highest BCUT2D eigenvalue weighted by atomic mass is 32.1. The minimum atomic E-state index is -0.929. The topological polar surface area (TPSA) is 61.1 Å². The van der Waals surface area contributed by atoms with Crippen molar-refractivity contribution in [1.82, 2.24) is 14.3 Å². The molecule has 3 heterocycles. The molecule has 2 aromatic rings. The van der Waals surface area contributed by atoms with Gasteiger partial charge < -0.3 is 14.9 Å². The summed E-state index contributed by atoms with van der Waals surface area (Å²) in [6.45, 7) is 3.02. The van der Waals surface area contributed by atoms with Gasteiger partial charge in [-0.25, -0.2) is 9.78 Å². The third-order valence-corrected chi connectivity index (χ3v) is 4.59. The number of fused-ring (bicyclic) bond motifs is 1. The maximum absolute atomic E-state index is 11.5. The molecule has 1 atom stereocenters. The van der Waals surface area contributed by atoms with E-state index in [1.54, 1.807) is 10.6 Å². The second-order valence-corrected chi connectivity index (χ2v) is 6.32. The number of thiazole rings is 1. The molecule has 2 aromatic heterocycles. The van der Waals surface area contributed by atoms with Gasteiger partial charge in [0.2, 0.25) is 0 Å². The molecule has 1 fully saturated rings. The van der Waals surface area contributed by atoms with Crippen LogP contribution in [0.3, 0.4) is 0 Å². The highest BCUT2D eigenvalue weighted by Gasteiger charge is 2.26. The molecule has 108 valence electrons. The summed E-state index contributed by atoms with van der Waals surface area (Å²) in [6, 6.07) is 0. The maximum atomic E-state index is 11.5. The first-order chi connectivity index (χ1) is 9.56. The van der Waals surface area contributed by atoms with Gasteiger partial charge in [-0.3, -0.25) is 4.40 Å². The number of aromatic nitrogens is 2. The molecule has 0 radical (unpaired) electrons. The number of carbonyl (C=O) groups is 1. The number of imidazole rings is 1. The molecule has 0 bridgehead atoms. The molecule has 0 saturated carbocycles. The minimum absolute atomic E-state index is 0.259. The van der Waals surface area contributed by atoms with Gasteiger partial charge in [0.15, 0.2) is 16.5 Å². The second-order valence-electron chi connectivity index (χ2n) is 5.44. The SMILES string of the molecule is CN1CCC(CN(C)c2nc3sccn3c2C(=O)O)C1. The Kier molecular flexibility index (Phi) is 3.39. The number of hydrogen-bond donors (Lipinski definition) is 1. The summed E-state index contributed by atoms with van der Waals surface area (Å²) in [6.07, 6.45) is 2.92. The Morgan fingerprint density at radius 2 is 2.45 bits per heavy atom. The van der Waals surface area contributed by atoms with Gasteiger partial charge in [0.05, 0.1) is 0 Å². The van der Waals surface area contributed by atoms with Crippen LogP contribution in [0.5, 0.6) is 0 Å². The zero-order valence-electron chi connectivity index (χ0n) is 11.6. The van der Waals surface area contributed by atoms with Crippen molar-refractivity contribution in [3.63, 3.8) is 0 Å². The van der Waals surface area contributed by atoms with Crippen LogP contribution in [-0.2, 0) is 0 Å². The van der Waals surface area contributed by atoms with Crippen LogP contribution >= 0.6 is 11.3 Å². The van der Waals surface area contributed by atoms with E-state index >= 15 is 0 Å². The standard InChI is InChI=1S/C13H18N4O2S/c1-15-4-3-9(7-15)8-16(2)11-10(12(18)19)17-5-6-20-13(17)14-11/h5-6,9H,3-4,7-8H2,1-2H3,(H,18,19). The Balaban J connectivity index is 1.87. The number of nitrogens with zero attached hydrogens (tertiary/aromatic N) is 4. The van der Waals surface area contributed by atoms with Crippen LogP contribution in [0.4, 0.5) is 5.82 Å². The molecule has 0 aromatic carbocycles. The number of hydrogen-bond acceptors (Lipinski definition) is 5. The van der Waals surface area contributed by atoms with Gasteiger partial charge in [0.1, 0.15) is 0 Å². The van der Waals surface area contributed by atoms with Crippen LogP contribution in [0, 0.1) is 5.92 Å². The summed E-state index contributed by atoms with van der Waals surface area (Å²) in [7, 11) is 4.05. The van der Waals surface area contributed by atoms with Crippen molar-refractivity contribution in [3.8, 4) is 0 Å². The normalized spacial score (nSPS) is 19.8. The second kappa shape index (κ2) is 5.06. The van der Waals surface area contributed by atoms with E-state index in [-0.39, 0.29) is 5.69 Å². The van der Waals surface area contributed by atoms with Crippen LogP contribution in [0.2, 0.25) is 0 Å². The summed E-state index contributed by atoms with van der Waals surface area (Å²) in [4.78, 5) is 21.0. The number of carboxylic acids is 1. The Bertz CT molecular complexity index is 635. The van der Waals surface area contributed by atoms with E-state index in [9.17, 15) is 9.90 Å². The fraction of sp³-hybridized carbons (Fsp3) is 0.538. The van der Waals surface area contributed by atoms with Crippen LogP contribution in [0.15, 0.2) is 11.6 Å². The summed E-state index contributed by atoms with van der Waals surface area (Å²) in [5, 5.41) is 11.3. The summed E-state index contributed by atoms with van der Waals surface area (Å²) < 4.78 is 1.65. The molecule has 20 heavy (non-hydrogen) atoms. The Morgan fingerprint density at radius 3 is 3.10 bits per heavy atom. The van der Waals surface area contributed by atoms with Gasteiger partial charge in [-0.2, -0.15) is 0 Å². The quantitative estimate of drug-likeness (QED) is 0.925. The predicted octanol–water partition coefficient (Wildman–Crippen LogP) is 1.48. The van der Waals surface area contributed by atoms with Gasteiger partial charge >= 0.3 is 5.97 Å². The lowest BCUT2D eigenvalue weighted by molar-refractivity contribution is 0.0690. The van der Waals surface area contributed by atoms with E-state index in [4.69, 9.17) is 0 Å². The molecule has 1 aliphatic rings. The summed E-state index contributed by atoms with van der Waals surface area (Å²) in [5.41, 5.74) is 0.259. The van der Waals surface area contributed by atoms with E-state index in [0.717, 1.165) is 31.0 Å². The molecule has 7 heteroatoms. The first-order valence-electron chi connectivity index (χ1n) is 6.64. The largest absolute Gasteiger partial charge is 0.476 e. The number of likely N-dealkylation sites (tertiary alicyclic amines) is 1. The number of aromatic carboxylic acids is 1. The van der Waals surface area contributed by atoms with Crippen molar-refractivity contribution in [2.45, 2.75) is 6.42 Å². The van der Waals surface area contributed by atoms with E-state index in [1.807, 2.05) is 17.3 Å². The zero-order valence-corrected chi connectivity index (χ0v) is 12.4. The van der Waals surface area contributed by atoms with Crippen molar-refractivity contribution < 1.29 is 9.90 Å². The highest BCUT2D eigenvalue weighted by molar-refractivity contribution is 7.15. The molecular formula is C13H18N4O2S. The lowest BCUT2D eigenvalue weighted by atomic mass is 10.1. The van der Waals surface area contributed by atoms with Gasteiger partial charge in [0, 0.05) is 31.7 Å². The average molecular weight is 294 g/mol. The zero-order chi connectivity index (χ0) is 14.3. The molecular weight excluding hydrogens is 276 g/mol. The minimum Gasteiger partial charge on any atom is -0.476 e. The van der Waals surface area contributed by atoms with Crippen LogP contribution < -0.4 is 4.90 Å². The predicted molar refractivity (Wildman–Crippen MR) is 78.9 cm³/mol. The number of anilines is 1.